The molecular formula is C31H27F2N3O7. The van der Waals surface area contributed by atoms with E-state index < -0.39 is 34.8 Å². The number of methoxy groups -OCH3 is 1. The first-order chi connectivity index (χ1) is 20.7. The fourth-order valence-corrected chi connectivity index (χ4v) is 4.29. The summed E-state index contributed by atoms with van der Waals surface area (Å²) in [7, 11) is 1.25. The van der Waals surface area contributed by atoms with Crippen LogP contribution in [0.25, 0.3) is 10.9 Å². The van der Waals surface area contributed by atoms with Crippen LogP contribution in [0.4, 0.5) is 20.2 Å². The molecule has 1 aliphatic rings. The molecule has 3 aromatic carbocycles. The summed E-state index contributed by atoms with van der Waals surface area (Å²) in [5, 5.41) is 5.73. The Morgan fingerprint density at radius 2 is 1.51 bits per heavy atom. The van der Waals surface area contributed by atoms with Gasteiger partial charge in [0.15, 0.2) is 29.7 Å². The van der Waals surface area contributed by atoms with Gasteiger partial charge >= 0.3 is 5.97 Å². The predicted molar refractivity (Wildman–Crippen MR) is 152 cm³/mol. The SMILES string of the molecule is CCOc1cc2c(Oc3ccc(NC(=O)C4(C(=O)Nc5ccc(F)cc5)CC4)cc3F)ccnc2cc1OCC(=O)OC. The Morgan fingerprint density at radius 1 is 0.837 bits per heavy atom. The second-order valence-corrected chi connectivity index (χ2v) is 9.67. The van der Waals surface area contributed by atoms with Crippen LogP contribution in [0.15, 0.2) is 66.9 Å². The van der Waals surface area contributed by atoms with E-state index in [1.807, 2.05) is 0 Å². The van der Waals surface area contributed by atoms with Gasteiger partial charge in [-0.05, 0) is 68.3 Å². The maximum atomic E-state index is 15.2. The zero-order chi connectivity index (χ0) is 30.6. The van der Waals surface area contributed by atoms with Crippen molar-refractivity contribution in [1.29, 1.82) is 0 Å². The second-order valence-electron chi connectivity index (χ2n) is 9.67. The van der Waals surface area contributed by atoms with Crippen molar-refractivity contribution in [3.8, 4) is 23.0 Å². The number of anilines is 2. The first-order valence-corrected chi connectivity index (χ1v) is 13.3. The molecule has 2 amide bonds. The smallest absolute Gasteiger partial charge is 0.343 e. The van der Waals surface area contributed by atoms with Crippen molar-refractivity contribution in [2.75, 3.05) is 31.0 Å². The number of rotatable bonds is 11. The normalized spacial score (nSPS) is 13.1. The lowest BCUT2D eigenvalue weighted by molar-refractivity contribution is -0.143. The number of carbonyl (C=O) groups is 3. The van der Waals surface area contributed by atoms with E-state index in [0.717, 1.165) is 6.07 Å². The summed E-state index contributed by atoms with van der Waals surface area (Å²) >= 11 is 0. The highest BCUT2D eigenvalue weighted by atomic mass is 19.1. The summed E-state index contributed by atoms with van der Waals surface area (Å²) < 4.78 is 50.0. The van der Waals surface area contributed by atoms with Crippen molar-refractivity contribution in [2.45, 2.75) is 19.8 Å². The van der Waals surface area contributed by atoms with Gasteiger partial charge in [0, 0.05) is 35.1 Å². The number of nitrogens with one attached hydrogen (secondary N) is 2. The van der Waals surface area contributed by atoms with Crippen LogP contribution in [0, 0.1) is 17.0 Å². The van der Waals surface area contributed by atoms with E-state index in [2.05, 4.69) is 20.4 Å². The molecule has 1 heterocycles. The van der Waals surface area contributed by atoms with Crippen molar-refractivity contribution in [3.05, 3.63) is 78.5 Å². The molecule has 0 radical (unpaired) electrons. The Bertz CT molecular complexity index is 1690. The summed E-state index contributed by atoms with van der Waals surface area (Å²) in [5.41, 5.74) is -0.353. The van der Waals surface area contributed by atoms with Gasteiger partial charge in [-0.25, -0.2) is 13.6 Å². The number of amides is 2. The number of aromatic nitrogens is 1. The van der Waals surface area contributed by atoms with Crippen LogP contribution in [-0.2, 0) is 19.1 Å². The summed E-state index contributed by atoms with van der Waals surface area (Å²) in [5.74, 6) is -2.12. The van der Waals surface area contributed by atoms with Gasteiger partial charge in [0.05, 0.1) is 19.2 Å². The molecule has 0 spiro atoms. The van der Waals surface area contributed by atoms with Crippen LogP contribution < -0.4 is 24.8 Å². The third-order valence-corrected chi connectivity index (χ3v) is 6.77. The molecule has 0 aliphatic heterocycles. The van der Waals surface area contributed by atoms with Crippen LogP contribution in [0.5, 0.6) is 23.0 Å². The fourth-order valence-electron chi connectivity index (χ4n) is 4.29. The van der Waals surface area contributed by atoms with Crippen LogP contribution in [0.1, 0.15) is 19.8 Å². The highest BCUT2D eigenvalue weighted by Gasteiger charge is 2.56. The van der Waals surface area contributed by atoms with E-state index in [1.165, 1.54) is 49.7 Å². The first-order valence-electron chi connectivity index (χ1n) is 13.3. The Hall–Kier alpha value is -5.26. The molecule has 5 rings (SSSR count). The highest BCUT2D eigenvalue weighted by Crippen LogP contribution is 2.47. The lowest BCUT2D eigenvalue weighted by Crippen LogP contribution is -2.35. The Balaban J connectivity index is 1.31. The maximum Gasteiger partial charge on any atom is 0.343 e. The third-order valence-electron chi connectivity index (χ3n) is 6.77. The molecule has 0 unspecified atom stereocenters. The minimum absolute atomic E-state index is 0.121. The van der Waals surface area contributed by atoms with Crippen LogP contribution >= 0.6 is 0 Å². The van der Waals surface area contributed by atoms with Crippen molar-refractivity contribution in [2.24, 2.45) is 5.41 Å². The zero-order valence-corrected chi connectivity index (χ0v) is 23.2. The highest BCUT2D eigenvalue weighted by molar-refractivity contribution is 6.16. The number of hydrogen-bond acceptors (Lipinski definition) is 8. The largest absolute Gasteiger partial charge is 0.490 e. The number of pyridine rings is 1. The molecule has 0 bridgehead atoms. The monoisotopic (exact) mass is 591 g/mol. The topological polar surface area (TPSA) is 125 Å². The lowest BCUT2D eigenvalue weighted by Gasteiger charge is -2.16. The summed E-state index contributed by atoms with van der Waals surface area (Å²) in [6.07, 6.45) is 2.12. The third kappa shape index (κ3) is 6.48. The van der Waals surface area contributed by atoms with Gasteiger partial charge in [0.1, 0.15) is 17.0 Å². The molecule has 222 valence electrons. The fraction of sp³-hybridized carbons (Fsp3) is 0.226. The van der Waals surface area contributed by atoms with E-state index in [-0.39, 0.29) is 29.5 Å². The van der Waals surface area contributed by atoms with E-state index in [4.69, 9.17) is 14.2 Å². The first kappa shape index (κ1) is 29.2. The number of fused-ring (bicyclic) bond motifs is 1. The van der Waals surface area contributed by atoms with Gasteiger partial charge in [-0.15, -0.1) is 0 Å². The molecule has 1 aromatic heterocycles. The van der Waals surface area contributed by atoms with Gasteiger partial charge in [0.2, 0.25) is 11.8 Å². The summed E-state index contributed by atoms with van der Waals surface area (Å²) in [6.45, 7) is 1.77. The number of carbonyl (C=O) groups excluding carboxylic acids is 3. The number of ether oxygens (including phenoxy) is 4. The van der Waals surface area contributed by atoms with Crippen molar-refractivity contribution < 1.29 is 42.1 Å². The quantitative estimate of drug-likeness (QED) is 0.170. The Morgan fingerprint density at radius 3 is 2.16 bits per heavy atom. The molecule has 43 heavy (non-hydrogen) atoms. The number of benzene rings is 3. The average Bonchev–Trinajstić information content (AvgIpc) is 3.81. The standard InChI is InChI=1S/C31H27F2N3O7/c1-3-41-26-15-21-23(16-27(26)42-17-28(37)40-2)34-13-10-24(21)43-25-9-8-20(14-22(25)33)36-30(39)31(11-12-31)29(38)35-19-6-4-18(32)5-7-19/h4-10,13-16H,3,11-12,17H2,1-2H3,(H,35,38)(H,36,39). The van der Waals surface area contributed by atoms with Gasteiger partial charge in [-0.2, -0.15) is 0 Å². The molecular weight excluding hydrogens is 564 g/mol. The summed E-state index contributed by atoms with van der Waals surface area (Å²) in [6, 6.07) is 13.9. The maximum absolute atomic E-state index is 15.2. The molecule has 4 aromatic rings. The van der Waals surface area contributed by atoms with Crippen molar-refractivity contribution in [3.63, 3.8) is 0 Å². The van der Waals surface area contributed by atoms with E-state index in [0.29, 0.717) is 41.8 Å². The minimum atomic E-state index is -1.30. The Labute approximate surface area is 244 Å². The molecule has 0 saturated heterocycles. The van der Waals surface area contributed by atoms with E-state index in [1.54, 1.807) is 25.1 Å². The molecule has 1 saturated carbocycles. The second kappa shape index (κ2) is 12.3. The number of esters is 1. The van der Waals surface area contributed by atoms with Crippen LogP contribution in [0.3, 0.4) is 0 Å². The minimum Gasteiger partial charge on any atom is -0.490 e. The molecule has 10 nitrogen and oxygen atoms in total. The molecule has 1 fully saturated rings. The molecule has 1 aliphatic carbocycles. The van der Waals surface area contributed by atoms with Crippen molar-refractivity contribution >= 4 is 40.1 Å². The molecule has 2 N–H and O–H groups in total. The predicted octanol–water partition coefficient (Wildman–Crippen LogP) is 5.61. The summed E-state index contributed by atoms with van der Waals surface area (Å²) in [4.78, 5) is 41.6. The van der Waals surface area contributed by atoms with Gasteiger partial charge in [-0.1, -0.05) is 0 Å². The van der Waals surface area contributed by atoms with E-state index >= 15 is 4.39 Å². The average molecular weight is 592 g/mol. The Kier molecular flexibility index (Phi) is 8.37. The number of nitrogens with zero attached hydrogens (tertiary/aromatic N) is 1. The zero-order valence-electron chi connectivity index (χ0n) is 23.2. The van der Waals surface area contributed by atoms with Gasteiger partial charge in [0.25, 0.3) is 0 Å². The van der Waals surface area contributed by atoms with Gasteiger partial charge in [-0.3, -0.25) is 14.6 Å². The van der Waals surface area contributed by atoms with Crippen molar-refractivity contribution in [1.82, 2.24) is 4.98 Å². The number of halogens is 2. The molecule has 0 atom stereocenters. The van der Waals surface area contributed by atoms with Gasteiger partial charge < -0.3 is 29.6 Å². The van der Waals surface area contributed by atoms with E-state index in [9.17, 15) is 18.8 Å². The van der Waals surface area contributed by atoms with Crippen LogP contribution in [-0.4, -0.2) is 43.1 Å². The number of hydrogen-bond donors (Lipinski definition) is 2. The lowest BCUT2D eigenvalue weighted by atomic mass is 10.0. The van der Waals surface area contributed by atoms with Crippen LogP contribution in [0.2, 0.25) is 0 Å². The molecule has 12 heteroatoms.